The van der Waals surface area contributed by atoms with Crippen molar-refractivity contribution in [2.75, 3.05) is 5.43 Å². The summed E-state index contributed by atoms with van der Waals surface area (Å²) < 4.78 is 0. The Labute approximate surface area is 136 Å². The molecule has 0 saturated carbocycles. The van der Waals surface area contributed by atoms with Crippen LogP contribution < -0.4 is 5.43 Å². The molecule has 0 fully saturated rings. The lowest BCUT2D eigenvalue weighted by molar-refractivity contribution is 0.474. The molecule has 0 aliphatic carbocycles. The van der Waals surface area contributed by atoms with Crippen molar-refractivity contribution in [1.29, 1.82) is 0 Å². The molecular formula is C16H12ClN3OS. The van der Waals surface area contributed by atoms with Crippen LogP contribution in [0.25, 0.3) is 11.3 Å². The minimum Gasteiger partial charge on any atom is -0.507 e. The van der Waals surface area contributed by atoms with Gasteiger partial charge in [0.2, 0.25) is 5.13 Å². The number of rotatable bonds is 4. The van der Waals surface area contributed by atoms with Crippen LogP contribution in [0.3, 0.4) is 0 Å². The first-order valence-corrected chi connectivity index (χ1v) is 7.77. The van der Waals surface area contributed by atoms with Crippen molar-refractivity contribution < 1.29 is 5.11 Å². The molecule has 0 radical (unpaired) electrons. The van der Waals surface area contributed by atoms with Gasteiger partial charge in [-0.05, 0) is 18.2 Å². The third-order valence-electron chi connectivity index (χ3n) is 2.95. The molecule has 4 nitrogen and oxygen atoms in total. The van der Waals surface area contributed by atoms with Gasteiger partial charge in [-0.1, -0.05) is 41.9 Å². The van der Waals surface area contributed by atoms with Crippen molar-refractivity contribution in [1.82, 2.24) is 4.98 Å². The van der Waals surface area contributed by atoms with Crippen LogP contribution in [-0.4, -0.2) is 16.3 Å². The number of nitrogens with one attached hydrogen (secondary N) is 1. The molecule has 0 atom stereocenters. The third kappa shape index (κ3) is 3.27. The van der Waals surface area contributed by atoms with Gasteiger partial charge in [0.1, 0.15) is 5.75 Å². The Morgan fingerprint density at radius 3 is 2.73 bits per heavy atom. The Morgan fingerprint density at radius 1 is 1.14 bits per heavy atom. The van der Waals surface area contributed by atoms with Gasteiger partial charge in [0.15, 0.2) is 0 Å². The van der Waals surface area contributed by atoms with E-state index < -0.39 is 0 Å². The van der Waals surface area contributed by atoms with Crippen molar-refractivity contribution in [3.05, 3.63) is 64.5 Å². The maximum absolute atomic E-state index is 9.64. The van der Waals surface area contributed by atoms with E-state index in [4.69, 9.17) is 11.6 Å². The number of hydrazone groups is 1. The fourth-order valence-electron chi connectivity index (χ4n) is 1.87. The molecule has 1 aromatic heterocycles. The number of anilines is 1. The van der Waals surface area contributed by atoms with E-state index >= 15 is 0 Å². The molecule has 0 aliphatic rings. The maximum Gasteiger partial charge on any atom is 0.203 e. The van der Waals surface area contributed by atoms with Gasteiger partial charge in [0.05, 0.1) is 11.9 Å². The van der Waals surface area contributed by atoms with Gasteiger partial charge in [0.25, 0.3) is 0 Å². The van der Waals surface area contributed by atoms with Crippen LogP contribution >= 0.6 is 22.9 Å². The van der Waals surface area contributed by atoms with Crippen molar-refractivity contribution in [3.8, 4) is 17.0 Å². The highest BCUT2D eigenvalue weighted by Gasteiger charge is 2.07. The largest absolute Gasteiger partial charge is 0.507 e. The molecule has 3 rings (SSSR count). The molecule has 22 heavy (non-hydrogen) atoms. The van der Waals surface area contributed by atoms with Crippen LogP contribution in [0.2, 0.25) is 5.02 Å². The standard InChI is InChI=1S/C16H12ClN3OS/c17-13-7-3-2-6-12(13)14-10-22-16(19-14)20-18-9-11-5-1-4-8-15(11)21/h1-10,21H,(H,19,20)/b18-9+. The summed E-state index contributed by atoms with van der Waals surface area (Å²) in [4.78, 5) is 4.44. The number of halogens is 1. The molecule has 0 aliphatic heterocycles. The predicted molar refractivity (Wildman–Crippen MR) is 91.9 cm³/mol. The van der Waals surface area contributed by atoms with Crippen LogP contribution in [0.15, 0.2) is 59.0 Å². The molecule has 1 heterocycles. The normalized spacial score (nSPS) is 11.0. The molecule has 3 aromatic rings. The highest BCUT2D eigenvalue weighted by molar-refractivity contribution is 7.14. The summed E-state index contributed by atoms with van der Waals surface area (Å²) in [7, 11) is 0. The topological polar surface area (TPSA) is 57.5 Å². The second kappa shape index (κ2) is 6.60. The minimum atomic E-state index is 0.184. The quantitative estimate of drug-likeness (QED) is 0.542. The van der Waals surface area contributed by atoms with E-state index in [9.17, 15) is 5.11 Å². The highest BCUT2D eigenvalue weighted by atomic mass is 35.5. The Hall–Kier alpha value is -2.37. The predicted octanol–water partition coefficient (Wildman–Crippen LogP) is 4.62. The van der Waals surface area contributed by atoms with Crippen LogP contribution in [-0.2, 0) is 0 Å². The number of benzene rings is 2. The molecule has 0 unspecified atom stereocenters. The van der Waals surface area contributed by atoms with Gasteiger partial charge < -0.3 is 5.11 Å². The summed E-state index contributed by atoms with van der Waals surface area (Å²) >= 11 is 7.59. The summed E-state index contributed by atoms with van der Waals surface area (Å²) in [6, 6.07) is 14.5. The minimum absolute atomic E-state index is 0.184. The second-order valence-electron chi connectivity index (χ2n) is 4.45. The maximum atomic E-state index is 9.64. The monoisotopic (exact) mass is 329 g/mol. The Bertz CT molecular complexity index is 816. The molecule has 6 heteroatoms. The zero-order valence-electron chi connectivity index (χ0n) is 11.4. The summed E-state index contributed by atoms with van der Waals surface area (Å²) in [5.41, 5.74) is 5.18. The summed E-state index contributed by atoms with van der Waals surface area (Å²) in [5.74, 6) is 0.184. The first-order valence-electron chi connectivity index (χ1n) is 6.51. The summed E-state index contributed by atoms with van der Waals surface area (Å²) in [6.07, 6.45) is 1.55. The Morgan fingerprint density at radius 2 is 1.91 bits per heavy atom. The number of para-hydroxylation sites is 1. The fraction of sp³-hybridized carbons (Fsp3) is 0. The van der Waals surface area contributed by atoms with E-state index in [1.807, 2.05) is 35.7 Å². The number of hydrogen-bond acceptors (Lipinski definition) is 5. The molecule has 2 aromatic carbocycles. The first-order chi connectivity index (χ1) is 10.7. The van der Waals surface area contributed by atoms with Gasteiger partial charge in [0, 0.05) is 21.5 Å². The molecule has 0 bridgehead atoms. The zero-order chi connectivity index (χ0) is 15.4. The van der Waals surface area contributed by atoms with Gasteiger partial charge in [-0.15, -0.1) is 11.3 Å². The lowest BCUT2D eigenvalue weighted by atomic mass is 10.2. The van der Waals surface area contributed by atoms with Gasteiger partial charge in [-0.25, -0.2) is 4.98 Å². The van der Waals surface area contributed by atoms with Crippen molar-refractivity contribution >= 4 is 34.3 Å². The molecular weight excluding hydrogens is 318 g/mol. The Balaban J connectivity index is 1.73. The average Bonchev–Trinajstić information content (AvgIpc) is 2.98. The van der Waals surface area contributed by atoms with Gasteiger partial charge in [-0.2, -0.15) is 5.10 Å². The zero-order valence-corrected chi connectivity index (χ0v) is 13.0. The molecule has 0 saturated heterocycles. The summed E-state index contributed by atoms with van der Waals surface area (Å²) in [5, 5.41) is 17.0. The summed E-state index contributed by atoms with van der Waals surface area (Å²) in [6.45, 7) is 0. The van der Waals surface area contributed by atoms with Crippen molar-refractivity contribution in [2.24, 2.45) is 5.10 Å². The number of nitrogens with zero attached hydrogens (tertiary/aromatic N) is 2. The first kappa shape index (κ1) is 14.6. The van der Waals surface area contributed by atoms with Gasteiger partial charge in [-0.3, -0.25) is 5.43 Å². The van der Waals surface area contributed by atoms with E-state index in [-0.39, 0.29) is 5.75 Å². The number of hydrogen-bond donors (Lipinski definition) is 2. The molecule has 0 amide bonds. The van der Waals surface area contributed by atoms with E-state index in [0.717, 1.165) is 11.3 Å². The Kier molecular flexibility index (Phi) is 4.37. The van der Waals surface area contributed by atoms with E-state index in [2.05, 4.69) is 15.5 Å². The van der Waals surface area contributed by atoms with Crippen LogP contribution in [0.5, 0.6) is 5.75 Å². The fourth-order valence-corrected chi connectivity index (χ4v) is 2.76. The van der Waals surface area contributed by atoms with E-state index in [0.29, 0.717) is 15.7 Å². The number of aromatic nitrogens is 1. The van der Waals surface area contributed by atoms with Gasteiger partial charge >= 0.3 is 0 Å². The highest BCUT2D eigenvalue weighted by Crippen LogP contribution is 2.30. The number of thiazole rings is 1. The number of phenolic OH excluding ortho intramolecular Hbond substituents is 1. The number of aromatic hydroxyl groups is 1. The van der Waals surface area contributed by atoms with E-state index in [1.165, 1.54) is 11.3 Å². The molecule has 0 spiro atoms. The van der Waals surface area contributed by atoms with Crippen molar-refractivity contribution in [3.63, 3.8) is 0 Å². The molecule has 2 N–H and O–H groups in total. The number of phenols is 1. The molecule has 110 valence electrons. The SMILES string of the molecule is Oc1ccccc1/C=N/Nc1nc(-c2ccccc2Cl)cs1. The average molecular weight is 330 g/mol. The smallest absolute Gasteiger partial charge is 0.203 e. The van der Waals surface area contributed by atoms with Crippen LogP contribution in [0.4, 0.5) is 5.13 Å². The van der Waals surface area contributed by atoms with Crippen LogP contribution in [0.1, 0.15) is 5.56 Å². The lowest BCUT2D eigenvalue weighted by Gasteiger charge is -1.99. The van der Waals surface area contributed by atoms with E-state index in [1.54, 1.807) is 24.4 Å². The van der Waals surface area contributed by atoms with Crippen LogP contribution in [0, 0.1) is 0 Å². The lowest BCUT2D eigenvalue weighted by Crippen LogP contribution is -1.90. The van der Waals surface area contributed by atoms with Crippen molar-refractivity contribution in [2.45, 2.75) is 0 Å². The second-order valence-corrected chi connectivity index (χ2v) is 5.71. The third-order valence-corrected chi connectivity index (χ3v) is 4.03.